The Morgan fingerprint density at radius 3 is 2.58 bits per heavy atom. The smallest absolute Gasteiger partial charge is 0.224 e. The van der Waals surface area contributed by atoms with Gasteiger partial charge >= 0.3 is 0 Å². The Morgan fingerprint density at radius 1 is 1.03 bits per heavy atom. The van der Waals surface area contributed by atoms with E-state index in [2.05, 4.69) is 76.5 Å². The standard InChI is InChI=1S/C26H30N4O/c1-18-8-9-24(19(2)12-18)25-7-5-4-6-22(25)13-23-17-30(11-10-27-26(23)31)16-21-14-28-20(3)29-15-21/h4-9,12,14-15,23H,10-11,13,16-17H2,1-3H3,(H,27,31)/t23-/m1/s1. The minimum atomic E-state index is -0.0965. The minimum absolute atomic E-state index is 0.0965. The van der Waals surface area contributed by atoms with Gasteiger partial charge in [0.1, 0.15) is 5.82 Å². The monoisotopic (exact) mass is 414 g/mol. The molecule has 1 atom stereocenters. The molecule has 3 aromatic rings. The number of hydrogen-bond acceptors (Lipinski definition) is 4. The summed E-state index contributed by atoms with van der Waals surface area (Å²) < 4.78 is 0. The molecule has 1 N–H and O–H groups in total. The van der Waals surface area contributed by atoms with Gasteiger partial charge in [0, 0.05) is 44.1 Å². The number of benzene rings is 2. The summed E-state index contributed by atoms with van der Waals surface area (Å²) in [4.78, 5) is 23.8. The molecule has 0 bridgehead atoms. The quantitative estimate of drug-likeness (QED) is 0.689. The van der Waals surface area contributed by atoms with Crippen molar-refractivity contribution in [1.29, 1.82) is 0 Å². The molecule has 1 aromatic heterocycles. The van der Waals surface area contributed by atoms with Crippen molar-refractivity contribution in [2.24, 2.45) is 5.92 Å². The first-order chi connectivity index (χ1) is 15.0. The maximum atomic E-state index is 12.9. The molecule has 0 saturated carbocycles. The lowest BCUT2D eigenvalue weighted by Crippen LogP contribution is -2.33. The number of nitrogens with one attached hydrogen (secondary N) is 1. The summed E-state index contributed by atoms with van der Waals surface area (Å²) in [6, 6.07) is 15.0. The molecule has 2 aromatic carbocycles. The van der Waals surface area contributed by atoms with Crippen molar-refractivity contribution in [3.05, 3.63) is 82.9 Å². The molecule has 5 heteroatoms. The maximum absolute atomic E-state index is 12.9. The summed E-state index contributed by atoms with van der Waals surface area (Å²) in [5.74, 6) is 0.816. The molecule has 0 spiro atoms. The predicted molar refractivity (Wildman–Crippen MR) is 124 cm³/mol. The molecule has 2 heterocycles. The molecule has 0 radical (unpaired) electrons. The first kappa shape index (κ1) is 21.2. The summed E-state index contributed by atoms with van der Waals surface area (Å²) in [6.07, 6.45) is 4.48. The van der Waals surface area contributed by atoms with Crippen LogP contribution in [0.4, 0.5) is 0 Å². The molecule has 0 aliphatic carbocycles. The second kappa shape index (κ2) is 9.40. The van der Waals surface area contributed by atoms with Gasteiger partial charge in [0.2, 0.25) is 5.91 Å². The Hall–Kier alpha value is -3.05. The average Bonchev–Trinajstić information content (AvgIpc) is 2.91. The Morgan fingerprint density at radius 2 is 1.81 bits per heavy atom. The summed E-state index contributed by atoms with van der Waals surface area (Å²) in [7, 11) is 0. The molecular formula is C26H30N4O. The third-order valence-electron chi connectivity index (χ3n) is 5.97. The van der Waals surface area contributed by atoms with Crippen LogP contribution in [0.2, 0.25) is 0 Å². The normalized spacial score (nSPS) is 17.3. The van der Waals surface area contributed by atoms with Crippen LogP contribution in [0.25, 0.3) is 11.1 Å². The zero-order chi connectivity index (χ0) is 21.8. The summed E-state index contributed by atoms with van der Waals surface area (Å²) in [5, 5.41) is 3.11. The number of carbonyl (C=O) groups excluding carboxylic acids is 1. The highest BCUT2D eigenvalue weighted by atomic mass is 16.1. The van der Waals surface area contributed by atoms with Crippen LogP contribution in [0, 0.1) is 26.7 Å². The molecule has 1 amide bonds. The van der Waals surface area contributed by atoms with Crippen molar-refractivity contribution in [2.45, 2.75) is 33.7 Å². The van der Waals surface area contributed by atoms with E-state index >= 15 is 0 Å². The van der Waals surface area contributed by atoms with Crippen LogP contribution in [0.3, 0.4) is 0 Å². The van der Waals surface area contributed by atoms with Gasteiger partial charge in [-0.15, -0.1) is 0 Å². The molecule has 0 unspecified atom stereocenters. The highest BCUT2D eigenvalue weighted by Gasteiger charge is 2.26. The van der Waals surface area contributed by atoms with Gasteiger partial charge in [-0.05, 0) is 49.4 Å². The van der Waals surface area contributed by atoms with Crippen molar-refractivity contribution in [2.75, 3.05) is 19.6 Å². The van der Waals surface area contributed by atoms with Crippen LogP contribution in [-0.4, -0.2) is 40.4 Å². The summed E-state index contributed by atoms with van der Waals surface area (Å²) >= 11 is 0. The van der Waals surface area contributed by atoms with Gasteiger partial charge in [-0.2, -0.15) is 0 Å². The van der Waals surface area contributed by atoms with Gasteiger partial charge in [-0.1, -0.05) is 48.0 Å². The zero-order valence-corrected chi connectivity index (χ0v) is 18.6. The first-order valence-electron chi connectivity index (χ1n) is 10.9. The largest absolute Gasteiger partial charge is 0.355 e. The van der Waals surface area contributed by atoms with Crippen LogP contribution in [0.15, 0.2) is 54.9 Å². The summed E-state index contributed by atoms with van der Waals surface area (Å²) in [5.41, 5.74) is 7.28. The second-order valence-corrected chi connectivity index (χ2v) is 8.54. The van der Waals surface area contributed by atoms with E-state index in [4.69, 9.17) is 0 Å². The Balaban J connectivity index is 1.56. The van der Waals surface area contributed by atoms with E-state index in [0.29, 0.717) is 6.54 Å². The molecular weight excluding hydrogens is 384 g/mol. The lowest BCUT2D eigenvalue weighted by Gasteiger charge is -2.23. The fraction of sp³-hybridized carbons (Fsp3) is 0.346. The van der Waals surface area contributed by atoms with E-state index in [1.54, 1.807) is 0 Å². The third kappa shape index (κ3) is 5.17. The van der Waals surface area contributed by atoms with Gasteiger partial charge in [0.05, 0.1) is 5.92 Å². The van der Waals surface area contributed by atoms with Crippen LogP contribution in [-0.2, 0) is 17.8 Å². The Bertz CT molecular complexity index is 1060. The molecule has 160 valence electrons. The van der Waals surface area contributed by atoms with Gasteiger partial charge in [-0.25, -0.2) is 9.97 Å². The van der Waals surface area contributed by atoms with E-state index in [1.807, 2.05) is 19.3 Å². The number of amides is 1. The SMILES string of the molecule is Cc1ccc(-c2ccccc2C[C@@H]2CN(Cc3cnc(C)nc3)CCNC2=O)c(C)c1. The highest BCUT2D eigenvalue weighted by Crippen LogP contribution is 2.29. The predicted octanol–water partition coefficient (Wildman–Crippen LogP) is 3.86. The average molecular weight is 415 g/mol. The van der Waals surface area contributed by atoms with E-state index in [0.717, 1.165) is 37.4 Å². The van der Waals surface area contributed by atoms with Crippen LogP contribution in [0.5, 0.6) is 0 Å². The topological polar surface area (TPSA) is 58.1 Å². The second-order valence-electron chi connectivity index (χ2n) is 8.54. The minimum Gasteiger partial charge on any atom is -0.355 e. The first-order valence-corrected chi connectivity index (χ1v) is 10.9. The maximum Gasteiger partial charge on any atom is 0.224 e. The molecule has 5 nitrogen and oxygen atoms in total. The number of nitrogens with zero attached hydrogens (tertiary/aromatic N) is 3. The molecule has 31 heavy (non-hydrogen) atoms. The van der Waals surface area contributed by atoms with E-state index in [9.17, 15) is 4.79 Å². The number of aryl methyl sites for hydroxylation is 3. The van der Waals surface area contributed by atoms with Crippen molar-refractivity contribution in [3.8, 4) is 11.1 Å². The van der Waals surface area contributed by atoms with E-state index < -0.39 is 0 Å². The van der Waals surface area contributed by atoms with Crippen LogP contribution >= 0.6 is 0 Å². The summed E-state index contributed by atoms with van der Waals surface area (Å²) in [6.45, 7) is 9.14. The van der Waals surface area contributed by atoms with Crippen LogP contribution < -0.4 is 5.32 Å². The van der Waals surface area contributed by atoms with Crippen molar-refractivity contribution in [1.82, 2.24) is 20.2 Å². The Labute approximate surface area is 184 Å². The van der Waals surface area contributed by atoms with E-state index in [1.165, 1.54) is 27.8 Å². The van der Waals surface area contributed by atoms with Gasteiger partial charge < -0.3 is 5.32 Å². The number of carbonyl (C=O) groups is 1. The lowest BCUT2D eigenvalue weighted by atomic mass is 9.89. The fourth-order valence-electron chi connectivity index (χ4n) is 4.37. The number of rotatable bonds is 5. The lowest BCUT2D eigenvalue weighted by molar-refractivity contribution is -0.124. The number of aromatic nitrogens is 2. The molecule has 1 saturated heterocycles. The van der Waals surface area contributed by atoms with Gasteiger partial charge in [-0.3, -0.25) is 9.69 Å². The van der Waals surface area contributed by atoms with Crippen molar-refractivity contribution < 1.29 is 4.79 Å². The Kier molecular flexibility index (Phi) is 6.42. The fourth-order valence-corrected chi connectivity index (χ4v) is 4.37. The molecule has 1 aliphatic rings. The van der Waals surface area contributed by atoms with Gasteiger partial charge in [0.25, 0.3) is 0 Å². The third-order valence-corrected chi connectivity index (χ3v) is 5.97. The van der Waals surface area contributed by atoms with E-state index in [-0.39, 0.29) is 11.8 Å². The van der Waals surface area contributed by atoms with Gasteiger partial charge in [0.15, 0.2) is 0 Å². The molecule has 1 fully saturated rings. The zero-order valence-electron chi connectivity index (χ0n) is 18.6. The van der Waals surface area contributed by atoms with Crippen molar-refractivity contribution >= 4 is 5.91 Å². The number of hydrogen-bond donors (Lipinski definition) is 1. The highest BCUT2D eigenvalue weighted by molar-refractivity contribution is 5.80. The van der Waals surface area contributed by atoms with Crippen molar-refractivity contribution in [3.63, 3.8) is 0 Å². The molecule has 4 rings (SSSR count). The molecule has 1 aliphatic heterocycles. The van der Waals surface area contributed by atoms with Crippen LogP contribution in [0.1, 0.15) is 28.1 Å².